The fourth-order valence-corrected chi connectivity index (χ4v) is 2.66. The van der Waals surface area contributed by atoms with Crippen molar-refractivity contribution in [3.63, 3.8) is 0 Å². The van der Waals surface area contributed by atoms with E-state index in [9.17, 15) is 9.90 Å². The summed E-state index contributed by atoms with van der Waals surface area (Å²) in [5.74, 6) is 0.173. The molecule has 4 nitrogen and oxygen atoms in total. The summed E-state index contributed by atoms with van der Waals surface area (Å²) < 4.78 is 0. The van der Waals surface area contributed by atoms with Gasteiger partial charge >= 0.3 is 0 Å². The molecule has 1 N–H and O–H groups in total. The quantitative estimate of drug-likeness (QED) is 0.891. The number of aliphatic hydroxyl groups excluding tert-OH is 1. The average molecular weight is 269 g/mol. The van der Waals surface area contributed by atoms with E-state index >= 15 is 0 Å². The van der Waals surface area contributed by atoms with Gasteiger partial charge in [-0.05, 0) is 25.3 Å². The molecular formula is C13H17ClN2O2. The van der Waals surface area contributed by atoms with E-state index < -0.39 is 0 Å². The van der Waals surface area contributed by atoms with E-state index in [1.807, 2.05) is 13.8 Å². The van der Waals surface area contributed by atoms with Gasteiger partial charge in [0.15, 0.2) is 0 Å². The van der Waals surface area contributed by atoms with Gasteiger partial charge in [-0.25, -0.2) is 0 Å². The molecule has 1 aliphatic rings. The van der Waals surface area contributed by atoms with Gasteiger partial charge in [-0.2, -0.15) is 0 Å². The molecule has 1 aliphatic heterocycles. The number of aryl methyl sites for hydroxylation is 1. The van der Waals surface area contributed by atoms with E-state index in [4.69, 9.17) is 11.6 Å². The maximum atomic E-state index is 12.4. The number of rotatable bonds is 2. The molecular weight excluding hydrogens is 252 g/mol. The summed E-state index contributed by atoms with van der Waals surface area (Å²) in [4.78, 5) is 18.2. The molecule has 2 rings (SSSR count). The Morgan fingerprint density at radius 2 is 2.39 bits per heavy atom. The number of carbonyl (C=O) groups is 1. The summed E-state index contributed by atoms with van der Waals surface area (Å²) in [5.41, 5.74) is 1.19. The number of hydrogen-bond donors (Lipinski definition) is 1. The first-order valence-electron chi connectivity index (χ1n) is 6.08. The Morgan fingerprint density at radius 3 is 3.00 bits per heavy atom. The SMILES string of the molecule is Cc1cc(Cl)c(C(=O)N2CCC(C)C2CO)cn1. The van der Waals surface area contributed by atoms with Gasteiger partial charge in [0.25, 0.3) is 5.91 Å². The zero-order chi connectivity index (χ0) is 13.3. The maximum Gasteiger partial charge on any atom is 0.257 e. The first-order chi connectivity index (χ1) is 8.54. The lowest BCUT2D eigenvalue weighted by Crippen LogP contribution is -2.40. The predicted octanol–water partition coefficient (Wildman–Crippen LogP) is 1.89. The molecule has 1 aromatic heterocycles. The zero-order valence-corrected chi connectivity index (χ0v) is 11.3. The summed E-state index contributed by atoms with van der Waals surface area (Å²) in [6.07, 6.45) is 2.42. The molecule has 0 aromatic carbocycles. The highest BCUT2D eigenvalue weighted by Gasteiger charge is 2.34. The monoisotopic (exact) mass is 268 g/mol. The Morgan fingerprint density at radius 1 is 1.67 bits per heavy atom. The molecule has 1 fully saturated rings. The molecule has 1 amide bonds. The Hall–Kier alpha value is -1.13. The Balaban J connectivity index is 2.26. The summed E-state index contributed by atoms with van der Waals surface area (Å²) in [7, 11) is 0. The van der Waals surface area contributed by atoms with Gasteiger partial charge in [0, 0.05) is 18.4 Å². The van der Waals surface area contributed by atoms with Gasteiger partial charge in [-0.15, -0.1) is 0 Å². The topological polar surface area (TPSA) is 53.4 Å². The number of amides is 1. The third kappa shape index (κ3) is 2.35. The molecule has 18 heavy (non-hydrogen) atoms. The van der Waals surface area contributed by atoms with Gasteiger partial charge in [-0.1, -0.05) is 18.5 Å². The van der Waals surface area contributed by atoms with E-state index in [1.54, 1.807) is 11.0 Å². The molecule has 0 saturated carbocycles. The summed E-state index contributed by atoms with van der Waals surface area (Å²) in [5, 5.41) is 9.79. The number of aromatic nitrogens is 1. The van der Waals surface area contributed by atoms with Gasteiger partial charge in [0.05, 0.1) is 23.2 Å². The fourth-order valence-electron chi connectivity index (χ4n) is 2.38. The lowest BCUT2D eigenvalue weighted by atomic mass is 10.0. The van der Waals surface area contributed by atoms with Gasteiger partial charge < -0.3 is 10.0 Å². The maximum absolute atomic E-state index is 12.4. The van der Waals surface area contributed by atoms with E-state index in [1.165, 1.54) is 6.20 Å². The van der Waals surface area contributed by atoms with Crippen molar-refractivity contribution in [2.24, 2.45) is 5.92 Å². The summed E-state index contributed by atoms with van der Waals surface area (Å²) in [6, 6.07) is 1.57. The second-order valence-corrected chi connectivity index (χ2v) is 5.23. The van der Waals surface area contributed by atoms with Crippen LogP contribution in [-0.2, 0) is 0 Å². The minimum absolute atomic E-state index is 0.0101. The van der Waals surface area contributed by atoms with E-state index in [2.05, 4.69) is 4.98 Å². The van der Waals surface area contributed by atoms with Crippen molar-refractivity contribution in [3.05, 3.63) is 28.5 Å². The molecule has 5 heteroatoms. The van der Waals surface area contributed by atoms with Crippen molar-refractivity contribution < 1.29 is 9.90 Å². The smallest absolute Gasteiger partial charge is 0.257 e. The number of carbonyl (C=O) groups excluding carboxylic acids is 1. The number of nitrogens with zero attached hydrogens (tertiary/aromatic N) is 2. The predicted molar refractivity (Wildman–Crippen MR) is 69.7 cm³/mol. The van der Waals surface area contributed by atoms with Crippen molar-refractivity contribution >= 4 is 17.5 Å². The zero-order valence-electron chi connectivity index (χ0n) is 10.6. The van der Waals surface area contributed by atoms with Crippen molar-refractivity contribution in [3.8, 4) is 0 Å². The summed E-state index contributed by atoms with van der Waals surface area (Å²) >= 11 is 6.08. The number of hydrogen-bond acceptors (Lipinski definition) is 3. The van der Waals surface area contributed by atoms with E-state index in [0.29, 0.717) is 23.0 Å². The highest BCUT2D eigenvalue weighted by molar-refractivity contribution is 6.33. The fraction of sp³-hybridized carbons (Fsp3) is 0.538. The van der Waals surface area contributed by atoms with Crippen LogP contribution in [0.4, 0.5) is 0 Å². The molecule has 0 radical (unpaired) electrons. The Labute approximate surface area is 112 Å². The molecule has 1 aromatic rings. The molecule has 0 spiro atoms. The molecule has 2 unspecified atom stereocenters. The normalized spacial score (nSPS) is 23.4. The Kier molecular flexibility index (Phi) is 3.88. The van der Waals surface area contributed by atoms with Crippen LogP contribution in [0.2, 0.25) is 5.02 Å². The van der Waals surface area contributed by atoms with Gasteiger partial charge in [0.1, 0.15) is 0 Å². The number of pyridine rings is 1. The van der Waals surface area contributed by atoms with Crippen LogP contribution in [0.15, 0.2) is 12.3 Å². The molecule has 98 valence electrons. The third-order valence-corrected chi connectivity index (χ3v) is 3.86. The third-order valence-electron chi connectivity index (χ3n) is 3.55. The second-order valence-electron chi connectivity index (χ2n) is 4.82. The van der Waals surface area contributed by atoms with Crippen LogP contribution in [0.5, 0.6) is 0 Å². The second kappa shape index (κ2) is 5.24. The standard InChI is InChI=1S/C13H17ClN2O2/c1-8-3-4-16(12(8)7-17)13(18)10-6-15-9(2)5-11(10)14/h5-6,8,12,17H,3-4,7H2,1-2H3. The van der Waals surface area contributed by atoms with Crippen molar-refractivity contribution in [2.45, 2.75) is 26.3 Å². The van der Waals surface area contributed by atoms with Crippen molar-refractivity contribution in [1.82, 2.24) is 9.88 Å². The summed E-state index contributed by atoms with van der Waals surface area (Å²) in [6.45, 7) is 4.52. The van der Waals surface area contributed by atoms with Crippen LogP contribution in [0.25, 0.3) is 0 Å². The molecule has 1 saturated heterocycles. The van der Waals surface area contributed by atoms with Crippen molar-refractivity contribution in [2.75, 3.05) is 13.2 Å². The van der Waals surface area contributed by atoms with E-state index in [0.717, 1.165) is 12.1 Å². The number of likely N-dealkylation sites (tertiary alicyclic amines) is 1. The van der Waals surface area contributed by atoms with Crippen LogP contribution < -0.4 is 0 Å². The van der Waals surface area contributed by atoms with Crippen LogP contribution in [0, 0.1) is 12.8 Å². The van der Waals surface area contributed by atoms with Crippen LogP contribution in [0.3, 0.4) is 0 Å². The largest absolute Gasteiger partial charge is 0.394 e. The highest BCUT2D eigenvalue weighted by Crippen LogP contribution is 2.27. The van der Waals surface area contributed by atoms with Crippen LogP contribution in [-0.4, -0.2) is 40.1 Å². The van der Waals surface area contributed by atoms with E-state index in [-0.39, 0.29) is 18.6 Å². The molecule has 0 aliphatic carbocycles. The molecule has 2 heterocycles. The average Bonchev–Trinajstić information content (AvgIpc) is 2.69. The van der Waals surface area contributed by atoms with Crippen LogP contribution in [0.1, 0.15) is 29.4 Å². The van der Waals surface area contributed by atoms with Crippen molar-refractivity contribution in [1.29, 1.82) is 0 Å². The van der Waals surface area contributed by atoms with Crippen LogP contribution >= 0.6 is 11.6 Å². The number of aliphatic hydroxyl groups is 1. The van der Waals surface area contributed by atoms with Gasteiger partial charge in [-0.3, -0.25) is 9.78 Å². The van der Waals surface area contributed by atoms with Gasteiger partial charge in [0.2, 0.25) is 0 Å². The lowest BCUT2D eigenvalue weighted by Gasteiger charge is -2.25. The molecule has 0 bridgehead atoms. The lowest BCUT2D eigenvalue weighted by molar-refractivity contribution is 0.0648. The minimum Gasteiger partial charge on any atom is -0.394 e. The Bertz CT molecular complexity index is 464. The number of halogens is 1. The first kappa shape index (κ1) is 13.3. The minimum atomic E-state index is -0.143. The molecule has 2 atom stereocenters. The highest BCUT2D eigenvalue weighted by atomic mass is 35.5. The first-order valence-corrected chi connectivity index (χ1v) is 6.46.